The Morgan fingerprint density at radius 2 is 1.76 bits per heavy atom. The third-order valence-electron chi connectivity index (χ3n) is 2.46. The first-order valence-electron chi connectivity index (χ1n) is 5.20. The SMILES string of the molecule is FC(F)(F)c1ccnn1CCc1ccccc1. The normalized spacial score (nSPS) is 11.7. The van der Waals surface area contributed by atoms with Gasteiger partial charge in [-0.05, 0) is 18.1 Å². The van der Waals surface area contributed by atoms with E-state index in [0.717, 1.165) is 16.3 Å². The number of benzene rings is 1. The van der Waals surface area contributed by atoms with Gasteiger partial charge in [0, 0.05) is 12.7 Å². The van der Waals surface area contributed by atoms with Crippen LogP contribution in [0.3, 0.4) is 0 Å². The number of hydrogen-bond acceptors (Lipinski definition) is 1. The smallest absolute Gasteiger partial charge is 0.260 e. The van der Waals surface area contributed by atoms with Gasteiger partial charge in [-0.3, -0.25) is 4.68 Å². The first-order chi connectivity index (χ1) is 8.07. The molecule has 0 saturated carbocycles. The molecule has 0 bridgehead atoms. The van der Waals surface area contributed by atoms with E-state index in [1.165, 1.54) is 6.20 Å². The summed E-state index contributed by atoms with van der Waals surface area (Å²) in [7, 11) is 0. The molecular formula is C12H11F3N2. The molecule has 0 aliphatic carbocycles. The maximum atomic E-state index is 12.5. The summed E-state index contributed by atoms with van der Waals surface area (Å²) in [5.41, 5.74) is 0.296. The Balaban J connectivity index is 2.08. The van der Waals surface area contributed by atoms with Gasteiger partial charge in [0.25, 0.3) is 0 Å². The summed E-state index contributed by atoms with van der Waals surface area (Å²) in [6, 6.07) is 10.4. The van der Waals surface area contributed by atoms with E-state index in [1.807, 2.05) is 30.3 Å². The summed E-state index contributed by atoms with van der Waals surface area (Å²) < 4.78 is 38.6. The van der Waals surface area contributed by atoms with Gasteiger partial charge >= 0.3 is 6.18 Å². The Kier molecular flexibility index (Phi) is 3.17. The van der Waals surface area contributed by atoms with E-state index < -0.39 is 11.9 Å². The Morgan fingerprint density at radius 1 is 1.06 bits per heavy atom. The number of aryl methyl sites for hydroxylation is 2. The van der Waals surface area contributed by atoms with Gasteiger partial charge < -0.3 is 0 Å². The summed E-state index contributed by atoms with van der Waals surface area (Å²) in [6.45, 7) is 0.228. The fraction of sp³-hybridized carbons (Fsp3) is 0.250. The zero-order valence-corrected chi connectivity index (χ0v) is 8.98. The summed E-state index contributed by atoms with van der Waals surface area (Å²) in [5, 5.41) is 3.69. The molecule has 17 heavy (non-hydrogen) atoms. The van der Waals surface area contributed by atoms with Crippen molar-refractivity contribution in [2.75, 3.05) is 0 Å². The van der Waals surface area contributed by atoms with Crippen LogP contribution in [0.4, 0.5) is 13.2 Å². The molecule has 90 valence electrons. The molecule has 1 aromatic carbocycles. The first-order valence-corrected chi connectivity index (χ1v) is 5.20. The second-order valence-corrected chi connectivity index (χ2v) is 3.67. The van der Waals surface area contributed by atoms with Crippen LogP contribution < -0.4 is 0 Å². The molecule has 0 fully saturated rings. The lowest BCUT2D eigenvalue weighted by Gasteiger charge is -2.10. The predicted molar refractivity (Wildman–Crippen MR) is 57.4 cm³/mol. The van der Waals surface area contributed by atoms with Crippen molar-refractivity contribution in [3.63, 3.8) is 0 Å². The molecule has 0 spiro atoms. The minimum Gasteiger partial charge on any atom is -0.260 e. The molecule has 0 radical (unpaired) electrons. The number of aromatic nitrogens is 2. The lowest BCUT2D eigenvalue weighted by atomic mass is 10.1. The highest BCUT2D eigenvalue weighted by Gasteiger charge is 2.34. The average Bonchev–Trinajstić information content (AvgIpc) is 2.75. The van der Waals surface area contributed by atoms with Crippen molar-refractivity contribution in [3.05, 3.63) is 53.9 Å². The number of alkyl halides is 3. The van der Waals surface area contributed by atoms with Crippen molar-refractivity contribution < 1.29 is 13.2 Å². The van der Waals surface area contributed by atoms with Crippen LogP contribution in [0.15, 0.2) is 42.6 Å². The zero-order chi connectivity index (χ0) is 12.3. The van der Waals surface area contributed by atoms with Gasteiger partial charge in [-0.25, -0.2) is 0 Å². The number of halogens is 3. The van der Waals surface area contributed by atoms with Gasteiger partial charge in [-0.2, -0.15) is 18.3 Å². The van der Waals surface area contributed by atoms with E-state index >= 15 is 0 Å². The fourth-order valence-corrected chi connectivity index (χ4v) is 1.63. The van der Waals surface area contributed by atoms with Crippen molar-refractivity contribution in [2.24, 2.45) is 0 Å². The highest BCUT2D eigenvalue weighted by atomic mass is 19.4. The molecule has 2 aromatic rings. The molecule has 0 amide bonds. The van der Waals surface area contributed by atoms with Crippen LogP contribution in [0.1, 0.15) is 11.3 Å². The lowest BCUT2D eigenvalue weighted by molar-refractivity contribution is -0.144. The zero-order valence-electron chi connectivity index (χ0n) is 8.98. The Morgan fingerprint density at radius 3 is 2.41 bits per heavy atom. The molecule has 0 saturated heterocycles. The summed E-state index contributed by atoms with van der Waals surface area (Å²) in [4.78, 5) is 0. The van der Waals surface area contributed by atoms with Crippen molar-refractivity contribution in [1.82, 2.24) is 9.78 Å². The molecule has 0 aliphatic rings. The van der Waals surface area contributed by atoms with Crippen molar-refractivity contribution in [3.8, 4) is 0 Å². The molecule has 0 aliphatic heterocycles. The van der Waals surface area contributed by atoms with E-state index in [2.05, 4.69) is 5.10 Å². The fourth-order valence-electron chi connectivity index (χ4n) is 1.63. The van der Waals surface area contributed by atoms with E-state index in [-0.39, 0.29) is 6.54 Å². The van der Waals surface area contributed by atoms with Crippen LogP contribution in [0.25, 0.3) is 0 Å². The minimum absolute atomic E-state index is 0.228. The maximum Gasteiger partial charge on any atom is 0.433 e. The lowest BCUT2D eigenvalue weighted by Crippen LogP contribution is -2.15. The second kappa shape index (κ2) is 4.61. The second-order valence-electron chi connectivity index (χ2n) is 3.67. The van der Waals surface area contributed by atoms with Crippen LogP contribution in [0.5, 0.6) is 0 Å². The van der Waals surface area contributed by atoms with E-state index in [1.54, 1.807) is 0 Å². The van der Waals surface area contributed by atoms with Crippen molar-refractivity contribution in [2.45, 2.75) is 19.1 Å². The standard InChI is InChI=1S/C12H11F3N2/c13-12(14,15)11-6-8-16-17(11)9-7-10-4-2-1-3-5-10/h1-6,8H,7,9H2. The highest BCUT2D eigenvalue weighted by molar-refractivity contribution is 5.15. The summed E-state index contributed by atoms with van der Waals surface area (Å²) in [5.74, 6) is 0. The van der Waals surface area contributed by atoms with Crippen LogP contribution in [-0.4, -0.2) is 9.78 Å². The molecular weight excluding hydrogens is 229 g/mol. The van der Waals surface area contributed by atoms with Gasteiger partial charge in [0.2, 0.25) is 0 Å². The maximum absolute atomic E-state index is 12.5. The number of hydrogen-bond donors (Lipinski definition) is 0. The minimum atomic E-state index is -4.34. The molecule has 2 rings (SSSR count). The topological polar surface area (TPSA) is 17.8 Å². The van der Waals surface area contributed by atoms with Crippen LogP contribution >= 0.6 is 0 Å². The molecule has 1 aromatic heterocycles. The van der Waals surface area contributed by atoms with Crippen LogP contribution in [-0.2, 0) is 19.1 Å². The first kappa shape index (κ1) is 11.7. The van der Waals surface area contributed by atoms with Gasteiger partial charge in [-0.15, -0.1) is 0 Å². The molecule has 1 heterocycles. The van der Waals surface area contributed by atoms with Crippen molar-refractivity contribution >= 4 is 0 Å². The summed E-state index contributed by atoms with van der Waals surface area (Å²) >= 11 is 0. The Labute approximate surface area is 96.7 Å². The van der Waals surface area contributed by atoms with Crippen LogP contribution in [0, 0.1) is 0 Å². The Hall–Kier alpha value is -1.78. The number of nitrogens with zero attached hydrogens (tertiary/aromatic N) is 2. The quantitative estimate of drug-likeness (QED) is 0.805. The Bertz CT molecular complexity index is 474. The molecule has 2 nitrogen and oxygen atoms in total. The highest BCUT2D eigenvalue weighted by Crippen LogP contribution is 2.28. The molecule has 0 unspecified atom stereocenters. The van der Waals surface area contributed by atoms with Crippen LogP contribution in [0.2, 0.25) is 0 Å². The van der Waals surface area contributed by atoms with Gasteiger partial charge in [0.15, 0.2) is 0 Å². The molecule has 0 N–H and O–H groups in total. The van der Waals surface area contributed by atoms with E-state index in [4.69, 9.17) is 0 Å². The molecule has 5 heteroatoms. The third kappa shape index (κ3) is 2.87. The average molecular weight is 240 g/mol. The molecule has 0 atom stereocenters. The summed E-state index contributed by atoms with van der Waals surface area (Å²) in [6.07, 6.45) is -2.63. The third-order valence-corrected chi connectivity index (χ3v) is 2.46. The van der Waals surface area contributed by atoms with Gasteiger partial charge in [0.1, 0.15) is 5.69 Å². The van der Waals surface area contributed by atoms with Gasteiger partial charge in [0.05, 0.1) is 0 Å². The van der Waals surface area contributed by atoms with E-state index in [0.29, 0.717) is 6.42 Å². The largest absolute Gasteiger partial charge is 0.433 e. The van der Waals surface area contributed by atoms with E-state index in [9.17, 15) is 13.2 Å². The monoisotopic (exact) mass is 240 g/mol. The number of rotatable bonds is 3. The van der Waals surface area contributed by atoms with Crippen molar-refractivity contribution in [1.29, 1.82) is 0 Å². The van der Waals surface area contributed by atoms with Gasteiger partial charge in [-0.1, -0.05) is 30.3 Å². The predicted octanol–water partition coefficient (Wildman–Crippen LogP) is 3.14.